The van der Waals surface area contributed by atoms with Crippen molar-refractivity contribution in [3.8, 4) is 6.07 Å². The zero-order chi connectivity index (χ0) is 26.8. The first-order valence-electron chi connectivity index (χ1n) is 12.0. The van der Waals surface area contributed by atoms with Crippen molar-refractivity contribution in [1.82, 2.24) is 25.1 Å². The highest BCUT2D eigenvalue weighted by Crippen LogP contribution is 2.47. The topological polar surface area (TPSA) is 102 Å². The number of piperazine rings is 1. The second kappa shape index (κ2) is 8.72. The maximum absolute atomic E-state index is 13.2. The lowest BCUT2D eigenvalue weighted by Gasteiger charge is -2.46. The fraction of sp³-hybridized carbons (Fsp3) is 0.583. The van der Waals surface area contributed by atoms with Crippen molar-refractivity contribution < 1.29 is 18.0 Å². The van der Waals surface area contributed by atoms with E-state index < -0.39 is 22.8 Å². The number of fused-ring (bicyclic) bond motifs is 1. The van der Waals surface area contributed by atoms with Crippen molar-refractivity contribution >= 4 is 35.1 Å². The summed E-state index contributed by atoms with van der Waals surface area (Å²) in [7, 11) is 0. The summed E-state index contributed by atoms with van der Waals surface area (Å²) in [5, 5.41) is 16.5. The van der Waals surface area contributed by atoms with E-state index in [0.717, 1.165) is 29.6 Å². The third-order valence-electron chi connectivity index (χ3n) is 7.38. The van der Waals surface area contributed by atoms with Crippen LogP contribution in [-0.4, -0.2) is 73.7 Å². The summed E-state index contributed by atoms with van der Waals surface area (Å²) in [6, 6.07) is 2.68. The third kappa shape index (κ3) is 4.24. The number of amides is 1. The van der Waals surface area contributed by atoms with Gasteiger partial charge in [0.25, 0.3) is 0 Å². The van der Waals surface area contributed by atoms with Gasteiger partial charge < -0.3 is 14.7 Å². The van der Waals surface area contributed by atoms with Gasteiger partial charge in [0.1, 0.15) is 24.0 Å². The van der Waals surface area contributed by atoms with Crippen LogP contribution in [0.2, 0.25) is 0 Å². The molecule has 2 unspecified atom stereocenters. The molecule has 5 rings (SSSR count). The number of halogens is 3. The minimum absolute atomic E-state index is 0.00975. The van der Waals surface area contributed by atoms with Gasteiger partial charge in [-0.2, -0.15) is 18.4 Å². The Kier molecular flexibility index (Phi) is 6.01. The van der Waals surface area contributed by atoms with Crippen LogP contribution in [0.15, 0.2) is 12.4 Å². The Morgan fingerprint density at radius 3 is 2.49 bits per heavy atom. The minimum Gasteiger partial charge on any atom is -0.352 e. The molecule has 196 valence electrons. The lowest BCUT2D eigenvalue weighted by molar-refractivity contribution is -0.142. The van der Waals surface area contributed by atoms with Crippen LogP contribution in [-0.2, 0) is 16.4 Å². The van der Waals surface area contributed by atoms with Crippen LogP contribution in [0.3, 0.4) is 0 Å². The predicted molar refractivity (Wildman–Crippen MR) is 133 cm³/mol. The fourth-order valence-electron chi connectivity index (χ4n) is 5.30. The Morgan fingerprint density at radius 1 is 1.19 bits per heavy atom. The van der Waals surface area contributed by atoms with Crippen molar-refractivity contribution in [3.63, 3.8) is 0 Å². The lowest BCUT2D eigenvalue weighted by atomic mass is 9.87. The van der Waals surface area contributed by atoms with E-state index in [1.807, 2.05) is 32.6 Å². The van der Waals surface area contributed by atoms with E-state index in [9.17, 15) is 23.2 Å². The van der Waals surface area contributed by atoms with Gasteiger partial charge in [0.15, 0.2) is 11.5 Å². The first kappa shape index (κ1) is 25.5. The SMILES string of the molecule is CC1CN(c2ncnc3c2C(C)(C)CN3c2cc(C#N)c(C(F)(F)F)nn2)CCN1C(=O)C1(C)CCS1. The van der Waals surface area contributed by atoms with E-state index in [0.29, 0.717) is 32.0 Å². The molecule has 0 bridgehead atoms. The summed E-state index contributed by atoms with van der Waals surface area (Å²) < 4.78 is 39.4. The average Bonchev–Trinajstić information content (AvgIpc) is 3.12. The Bertz CT molecular complexity index is 1290. The van der Waals surface area contributed by atoms with Gasteiger partial charge in [-0.05, 0) is 26.0 Å². The summed E-state index contributed by atoms with van der Waals surface area (Å²) in [6.45, 7) is 10.2. The van der Waals surface area contributed by atoms with E-state index in [1.54, 1.807) is 22.7 Å². The average molecular weight is 533 g/mol. The van der Waals surface area contributed by atoms with E-state index in [1.165, 1.54) is 6.33 Å². The van der Waals surface area contributed by atoms with Crippen molar-refractivity contribution in [2.24, 2.45) is 0 Å². The van der Waals surface area contributed by atoms with Gasteiger partial charge in [-0.3, -0.25) is 4.79 Å². The normalized spacial score (nSPS) is 24.9. The first-order valence-corrected chi connectivity index (χ1v) is 13.0. The lowest BCUT2D eigenvalue weighted by Crippen LogP contribution is -2.60. The Hall–Kier alpha value is -3.14. The third-order valence-corrected chi connectivity index (χ3v) is 8.80. The molecule has 0 N–H and O–H groups in total. The smallest absolute Gasteiger partial charge is 0.352 e. The van der Waals surface area contributed by atoms with Gasteiger partial charge in [0, 0.05) is 49.3 Å². The number of aromatic nitrogens is 4. The monoisotopic (exact) mass is 532 g/mol. The van der Waals surface area contributed by atoms with Crippen LogP contribution < -0.4 is 9.80 Å². The standard InChI is InChI=1S/C24H27F3N8OS/c1-14-11-33(6-7-34(14)21(36)23(4)5-8-37-23)19-17-20(30-13-29-19)35(12-22(17,2)3)16-9-15(10-28)18(32-31-16)24(25,26)27/h9,13-14H,5-8,11-12H2,1-4H3. The van der Waals surface area contributed by atoms with Gasteiger partial charge in [-0.1, -0.05) is 13.8 Å². The number of nitriles is 1. The Balaban J connectivity index is 1.45. The number of nitrogens with zero attached hydrogens (tertiary/aromatic N) is 8. The highest BCUT2D eigenvalue weighted by atomic mass is 32.2. The second-order valence-corrected chi connectivity index (χ2v) is 12.2. The van der Waals surface area contributed by atoms with Gasteiger partial charge in [0.2, 0.25) is 5.91 Å². The molecule has 1 amide bonds. The maximum atomic E-state index is 13.2. The van der Waals surface area contributed by atoms with Crippen molar-refractivity contribution in [1.29, 1.82) is 5.26 Å². The molecule has 37 heavy (non-hydrogen) atoms. The van der Waals surface area contributed by atoms with Crippen LogP contribution in [0.25, 0.3) is 0 Å². The number of thioether (sulfide) groups is 1. The van der Waals surface area contributed by atoms with E-state index in [4.69, 9.17) is 0 Å². The quantitative estimate of drug-likeness (QED) is 0.588. The predicted octanol–water partition coefficient (Wildman–Crippen LogP) is 3.52. The number of rotatable bonds is 3. The summed E-state index contributed by atoms with van der Waals surface area (Å²) in [6.07, 6.45) is -2.45. The largest absolute Gasteiger partial charge is 0.436 e. The maximum Gasteiger partial charge on any atom is 0.436 e. The Morgan fingerprint density at radius 2 is 1.89 bits per heavy atom. The van der Waals surface area contributed by atoms with Gasteiger partial charge in [-0.25, -0.2) is 9.97 Å². The van der Waals surface area contributed by atoms with Crippen LogP contribution in [0.1, 0.15) is 50.9 Å². The van der Waals surface area contributed by atoms with Crippen molar-refractivity contribution in [2.45, 2.75) is 56.5 Å². The molecule has 0 radical (unpaired) electrons. The molecule has 9 nitrogen and oxygen atoms in total. The van der Waals surface area contributed by atoms with Gasteiger partial charge in [0.05, 0.1) is 10.3 Å². The molecular weight excluding hydrogens is 505 g/mol. The molecule has 2 atom stereocenters. The fourth-order valence-corrected chi connectivity index (χ4v) is 6.35. The molecule has 5 heterocycles. The Labute approximate surface area is 217 Å². The molecule has 2 aromatic rings. The number of anilines is 3. The second-order valence-electron chi connectivity index (χ2n) is 10.6. The summed E-state index contributed by atoms with van der Waals surface area (Å²) >= 11 is 1.70. The molecule has 3 aliphatic heterocycles. The molecule has 0 aromatic carbocycles. The summed E-state index contributed by atoms with van der Waals surface area (Å²) in [4.78, 5) is 28.0. The molecule has 13 heteroatoms. The number of carbonyl (C=O) groups is 1. The number of carbonyl (C=O) groups excluding carboxylic acids is 1. The molecule has 2 aromatic heterocycles. The molecule has 0 spiro atoms. The zero-order valence-corrected chi connectivity index (χ0v) is 21.8. The first-order chi connectivity index (χ1) is 17.4. The van der Waals surface area contributed by atoms with E-state index >= 15 is 0 Å². The van der Waals surface area contributed by atoms with E-state index in [2.05, 4.69) is 25.1 Å². The molecule has 2 fully saturated rings. The van der Waals surface area contributed by atoms with Crippen molar-refractivity contribution in [3.05, 3.63) is 29.2 Å². The number of hydrogen-bond acceptors (Lipinski definition) is 9. The molecule has 3 aliphatic rings. The van der Waals surface area contributed by atoms with Gasteiger partial charge in [-0.15, -0.1) is 22.0 Å². The van der Waals surface area contributed by atoms with Crippen LogP contribution >= 0.6 is 11.8 Å². The van der Waals surface area contributed by atoms with Crippen LogP contribution in [0, 0.1) is 11.3 Å². The minimum atomic E-state index is -4.77. The van der Waals surface area contributed by atoms with Crippen LogP contribution in [0.5, 0.6) is 0 Å². The highest BCUT2D eigenvalue weighted by Gasteiger charge is 2.47. The van der Waals surface area contributed by atoms with E-state index in [-0.39, 0.29) is 22.5 Å². The molecular formula is C24H27F3N8OS. The van der Waals surface area contributed by atoms with Gasteiger partial charge >= 0.3 is 6.18 Å². The summed E-state index contributed by atoms with van der Waals surface area (Å²) in [5.41, 5.74) is -1.51. The number of hydrogen-bond donors (Lipinski definition) is 0. The molecule has 0 aliphatic carbocycles. The van der Waals surface area contributed by atoms with Crippen LogP contribution in [0.4, 0.5) is 30.6 Å². The molecule has 2 saturated heterocycles. The molecule has 0 saturated carbocycles. The number of alkyl halides is 3. The summed E-state index contributed by atoms with van der Waals surface area (Å²) in [5.74, 6) is 2.58. The van der Waals surface area contributed by atoms with Crippen molar-refractivity contribution in [2.75, 3.05) is 41.7 Å². The zero-order valence-electron chi connectivity index (χ0n) is 21.0. The highest BCUT2D eigenvalue weighted by molar-refractivity contribution is 8.02.